The third kappa shape index (κ3) is 5.20. The van der Waals surface area contributed by atoms with Gasteiger partial charge >= 0.3 is 6.09 Å². The number of rotatable bonds is 7. The van der Waals surface area contributed by atoms with Crippen molar-refractivity contribution in [2.24, 2.45) is 7.05 Å². The maximum Gasteiger partial charge on any atom is 0.404 e. The van der Waals surface area contributed by atoms with Gasteiger partial charge in [0, 0.05) is 36.8 Å². The van der Waals surface area contributed by atoms with Gasteiger partial charge in [0.1, 0.15) is 11.3 Å². The highest BCUT2D eigenvalue weighted by Crippen LogP contribution is 2.28. The first-order chi connectivity index (χ1) is 18.8. The minimum absolute atomic E-state index is 0.193. The van der Waals surface area contributed by atoms with Crippen LogP contribution in [0, 0.1) is 0 Å². The van der Waals surface area contributed by atoms with Gasteiger partial charge < -0.3 is 29.2 Å². The van der Waals surface area contributed by atoms with Crippen molar-refractivity contribution in [2.75, 3.05) is 25.1 Å². The zero-order valence-electron chi connectivity index (χ0n) is 21.6. The molecular formula is C28H28ClN5O5. The standard InChI is InChI=1S/C28H28ClN5O5/c1-32-23(25(35)17-8-5-10-20(13-17)39-2)14-22-24(26(32)36)34(15-18-7-3-4-11-21(18)29)27(31-22)33-12-6-9-19(16-33)30-28(37)38/h3-5,7-8,10-11,13-14,19,30H,6,9,12,15-16H2,1-2H3,(H,37,38)/t19-/m1/s1. The van der Waals surface area contributed by atoms with Crippen molar-refractivity contribution in [1.82, 2.24) is 19.4 Å². The van der Waals surface area contributed by atoms with Crippen molar-refractivity contribution in [3.63, 3.8) is 0 Å². The molecule has 2 N–H and O–H groups in total. The molecule has 1 aliphatic heterocycles. The number of carboxylic acid groups (broad SMARTS) is 1. The van der Waals surface area contributed by atoms with E-state index in [9.17, 15) is 19.5 Å². The summed E-state index contributed by atoms with van der Waals surface area (Å²) in [6, 6.07) is 15.5. The van der Waals surface area contributed by atoms with Crippen molar-refractivity contribution in [3.05, 3.63) is 86.8 Å². The fourth-order valence-corrected chi connectivity index (χ4v) is 5.24. The summed E-state index contributed by atoms with van der Waals surface area (Å²) >= 11 is 6.48. The monoisotopic (exact) mass is 549 g/mol. The van der Waals surface area contributed by atoms with Crippen LogP contribution in [-0.2, 0) is 13.6 Å². The maximum absolute atomic E-state index is 13.8. The number of amides is 1. The molecule has 2 aromatic heterocycles. The van der Waals surface area contributed by atoms with Crippen LogP contribution in [0.2, 0.25) is 5.02 Å². The maximum atomic E-state index is 13.8. The normalized spacial score (nSPS) is 15.4. The lowest BCUT2D eigenvalue weighted by Gasteiger charge is -2.33. The number of hydrogen-bond acceptors (Lipinski definition) is 6. The van der Waals surface area contributed by atoms with Crippen LogP contribution in [0.5, 0.6) is 5.75 Å². The molecule has 0 bridgehead atoms. The SMILES string of the molecule is COc1cccc(C(=O)c2cc3nc(N4CCC[C@@H](NC(=O)O)C4)n(Cc4ccccc4Cl)c3c(=O)n2C)c1. The Labute approximate surface area is 229 Å². The Morgan fingerprint density at radius 1 is 1.18 bits per heavy atom. The van der Waals surface area contributed by atoms with E-state index in [0.29, 0.717) is 52.8 Å². The summed E-state index contributed by atoms with van der Waals surface area (Å²) in [4.78, 5) is 45.4. The van der Waals surface area contributed by atoms with E-state index in [1.54, 1.807) is 43.4 Å². The molecule has 4 aromatic rings. The van der Waals surface area contributed by atoms with Crippen LogP contribution in [0.4, 0.5) is 10.7 Å². The number of nitrogens with zero attached hydrogens (tertiary/aromatic N) is 4. The number of ether oxygens (including phenoxy) is 1. The minimum Gasteiger partial charge on any atom is -0.497 e. The molecule has 1 amide bonds. The minimum atomic E-state index is -1.08. The summed E-state index contributed by atoms with van der Waals surface area (Å²) in [5, 5.41) is 12.4. The van der Waals surface area contributed by atoms with E-state index in [4.69, 9.17) is 21.3 Å². The van der Waals surface area contributed by atoms with Crippen molar-refractivity contribution in [1.29, 1.82) is 0 Å². The summed E-state index contributed by atoms with van der Waals surface area (Å²) < 4.78 is 8.40. The zero-order chi connectivity index (χ0) is 27.7. The van der Waals surface area contributed by atoms with Gasteiger partial charge in [0.2, 0.25) is 11.7 Å². The molecule has 0 aliphatic carbocycles. The van der Waals surface area contributed by atoms with Crippen molar-refractivity contribution >= 4 is 40.5 Å². The van der Waals surface area contributed by atoms with Gasteiger partial charge in [0.15, 0.2) is 0 Å². The predicted molar refractivity (Wildman–Crippen MR) is 148 cm³/mol. The molecule has 1 atom stereocenters. The third-order valence-corrected chi connectivity index (χ3v) is 7.37. The lowest BCUT2D eigenvalue weighted by Crippen LogP contribution is -2.48. The van der Waals surface area contributed by atoms with Gasteiger partial charge in [-0.2, -0.15) is 0 Å². The second-order valence-corrected chi connectivity index (χ2v) is 9.92. The second kappa shape index (κ2) is 10.8. The highest BCUT2D eigenvalue weighted by molar-refractivity contribution is 6.31. The predicted octanol–water partition coefficient (Wildman–Crippen LogP) is 3.91. The Hall–Kier alpha value is -4.31. The molecule has 0 unspecified atom stereocenters. The average Bonchev–Trinajstić information content (AvgIpc) is 3.29. The first-order valence-corrected chi connectivity index (χ1v) is 12.9. The molecule has 0 spiro atoms. The van der Waals surface area contributed by atoms with E-state index in [1.165, 1.54) is 11.7 Å². The molecular weight excluding hydrogens is 522 g/mol. The number of nitrogens with one attached hydrogen (secondary N) is 1. The Morgan fingerprint density at radius 2 is 1.97 bits per heavy atom. The Morgan fingerprint density at radius 3 is 2.72 bits per heavy atom. The van der Waals surface area contributed by atoms with Crippen LogP contribution < -0.4 is 20.5 Å². The number of carbonyl (C=O) groups excluding carboxylic acids is 1. The van der Waals surface area contributed by atoms with Crippen molar-refractivity contribution in [3.8, 4) is 5.75 Å². The summed E-state index contributed by atoms with van der Waals surface area (Å²) in [6.07, 6.45) is 0.368. The molecule has 1 aliphatic rings. The largest absolute Gasteiger partial charge is 0.497 e. The van der Waals surface area contributed by atoms with Crippen LogP contribution >= 0.6 is 11.6 Å². The van der Waals surface area contributed by atoms with Gasteiger partial charge in [-0.05, 0) is 42.7 Å². The summed E-state index contributed by atoms with van der Waals surface area (Å²) in [6.45, 7) is 1.31. The third-order valence-electron chi connectivity index (χ3n) is 7.00. The van der Waals surface area contributed by atoms with Crippen LogP contribution in [0.15, 0.2) is 59.4 Å². The van der Waals surface area contributed by atoms with E-state index in [-0.39, 0.29) is 29.6 Å². The topological polar surface area (TPSA) is 119 Å². The van der Waals surface area contributed by atoms with Gasteiger partial charge in [0.25, 0.3) is 5.56 Å². The molecule has 11 heteroatoms. The molecule has 2 aromatic carbocycles. The summed E-state index contributed by atoms with van der Waals surface area (Å²) in [5.41, 5.74) is 1.72. The molecule has 0 saturated carbocycles. The average molecular weight is 550 g/mol. The van der Waals surface area contributed by atoms with Crippen LogP contribution in [0.25, 0.3) is 11.0 Å². The van der Waals surface area contributed by atoms with Crippen LogP contribution in [-0.4, -0.2) is 57.3 Å². The number of hydrogen-bond donors (Lipinski definition) is 2. The number of carbonyl (C=O) groups is 2. The number of benzene rings is 2. The molecule has 5 rings (SSSR count). The quantitative estimate of drug-likeness (QED) is 0.335. The number of fused-ring (bicyclic) bond motifs is 1. The number of aromatic nitrogens is 3. The van der Waals surface area contributed by atoms with E-state index < -0.39 is 6.09 Å². The Kier molecular flexibility index (Phi) is 7.30. The molecule has 0 radical (unpaired) electrons. The van der Waals surface area contributed by atoms with Gasteiger partial charge in [-0.25, -0.2) is 9.78 Å². The number of methoxy groups -OCH3 is 1. The van der Waals surface area contributed by atoms with Crippen molar-refractivity contribution in [2.45, 2.75) is 25.4 Å². The smallest absolute Gasteiger partial charge is 0.404 e. The molecule has 1 fully saturated rings. The molecule has 1 saturated heterocycles. The van der Waals surface area contributed by atoms with Crippen LogP contribution in [0.3, 0.4) is 0 Å². The highest BCUT2D eigenvalue weighted by atomic mass is 35.5. The number of halogens is 1. The fourth-order valence-electron chi connectivity index (χ4n) is 5.05. The first kappa shape index (κ1) is 26.3. The van der Waals surface area contributed by atoms with Gasteiger partial charge in [-0.3, -0.25) is 9.59 Å². The Bertz CT molecular complexity index is 1630. The number of imidazole rings is 1. The molecule has 39 heavy (non-hydrogen) atoms. The molecule has 3 heterocycles. The van der Waals surface area contributed by atoms with E-state index in [1.807, 2.05) is 27.7 Å². The van der Waals surface area contributed by atoms with E-state index in [0.717, 1.165) is 12.0 Å². The van der Waals surface area contributed by atoms with E-state index >= 15 is 0 Å². The zero-order valence-corrected chi connectivity index (χ0v) is 22.3. The number of anilines is 1. The van der Waals surface area contributed by atoms with Gasteiger partial charge in [-0.15, -0.1) is 0 Å². The number of ketones is 1. The van der Waals surface area contributed by atoms with Crippen molar-refractivity contribution < 1.29 is 19.4 Å². The second-order valence-electron chi connectivity index (χ2n) is 9.51. The summed E-state index contributed by atoms with van der Waals surface area (Å²) in [7, 11) is 3.09. The highest BCUT2D eigenvalue weighted by Gasteiger charge is 2.28. The number of piperidine rings is 1. The van der Waals surface area contributed by atoms with Gasteiger partial charge in [-0.1, -0.05) is 41.9 Å². The van der Waals surface area contributed by atoms with Crippen LogP contribution in [0.1, 0.15) is 34.5 Å². The lowest BCUT2D eigenvalue weighted by molar-refractivity contribution is 0.103. The fraction of sp³-hybridized carbons (Fsp3) is 0.286. The van der Waals surface area contributed by atoms with Gasteiger partial charge in [0.05, 0.1) is 24.9 Å². The lowest BCUT2D eigenvalue weighted by atomic mass is 10.1. The number of pyridine rings is 1. The molecule has 202 valence electrons. The van der Waals surface area contributed by atoms with E-state index in [2.05, 4.69) is 5.32 Å². The molecule has 10 nitrogen and oxygen atoms in total. The first-order valence-electron chi connectivity index (χ1n) is 12.5. The Balaban J connectivity index is 1.65. The summed E-state index contributed by atoms with van der Waals surface area (Å²) in [5.74, 6) is 0.721.